The van der Waals surface area contributed by atoms with Gasteiger partial charge in [-0.25, -0.2) is 0 Å². The Morgan fingerprint density at radius 3 is 2.62 bits per heavy atom. The van der Waals surface area contributed by atoms with Crippen molar-refractivity contribution in [3.05, 3.63) is 35.9 Å². The molecule has 1 heterocycles. The van der Waals surface area contributed by atoms with E-state index in [2.05, 4.69) is 42.3 Å². The molecular formula is C15H23N. The van der Waals surface area contributed by atoms with Crippen LogP contribution in [0.4, 0.5) is 0 Å². The second-order valence-corrected chi connectivity index (χ2v) is 5.03. The Hall–Kier alpha value is -0.820. The molecule has 1 aromatic rings. The normalized spacial score (nSPS) is 23.7. The summed E-state index contributed by atoms with van der Waals surface area (Å²) in [4.78, 5) is 2.56. The lowest BCUT2D eigenvalue weighted by molar-refractivity contribution is 0.206. The van der Waals surface area contributed by atoms with Crippen LogP contribution in [0.5, 0.6) is 0 Å². The van der Waals surface area contributed by atoms with Crippen LogP contribution in [-0.2, 0) is 6.42 Å². The highest BCUT2D eigenvalue weighted by molar-refractivity contribution is 5.15. The van der Waals surface area contributed by atoms with Crippen molar-refractivity contribution in [1.82, 2.24) is 4.90 Å². The predicted octanol–water partition coefficient (Wildman–Crippen LogP) is 3.49. The molecule has 0 aliphatic carbocycles. The topological polar surface area (TPSA) is 3.24 Å². The van der Waals surface area contributed by atoms with Gasteiger partial charge in [0.25, 0.3) is 0 Å². The van der Waals surface area contributed by atoms with Crippen molar-refractivity contribution in [2.75, 3.05) is 13.6 Å². The van der Waals surface area contributed by atoms with Gasteiger partial charge in [-0.15, -0.1) is 0 Å². The summed E-state index contributed by atoms with van der Waals surface area (Å²) >= 11 is 0. The van der Waals surface area contributed by atoms with Crippen LogP contribution in [0.25, 0.3) is 0 Å². The van der Waals surface area contributed by atoms with E-state index in [0.29, 0.717) is 0 Å². The van der Waals surface area contributed by atoms with E-state index in [1.54, 1.807) is 0 Å². The molecular weight excluding hydrogens is 194 g/mol. The summed E-state index contributed by atoms with van der Waals surface area (Å²) in [5.41, 5.74) is 1.49. The zero-order chi connectivity index (χ0) is 11.2. The summed E-state index contributed by atoms with van der Waals surface area (Å²) in [5.74, 6) is 0. The first-order chi connectivity index (χ1) is 7.86. The summed E-state index contributed by atoms with van der Waals surface area (Å²) in [6.07, 6.45) is 8.22. The Kier molecular flexibility index (Phi) is 4.41. The van der Waals surface area contributed by atoms with Gasteiger partial charge in [0.15, 0.2) is 0 Å². The van der Waals surface area contributed by atoms with E-state index in [0.717, 1.165) is 6.04 Å². The molecule has 1 unspecified atom stereocenters. The molecule has 1 aliphatic heterocycles. The van der Waals surface area contributed by atoms with Gasteiger partial charge < -0.3 is 4.90 Å². The summed E-state index contributed by atoms with van der Waals surface area (Å²) < 4.78 is 0. The van der Waals surface area contributed by atoms with Crippen LogP contribution < -0.4 is 0 Å². The van der Waals surface area contributed by atoms with Crippen LogP contribution >= 0.6 is 0 Å². The van der Waals surface area contributed by atoms with Crippen LogP contribution in [0.2, 0.25) is 0 Å². The first kappa shape index (κ1) is 11.7. The van der Waals surface area contributed by atoms with E-state index >= 15 is 0 Å². The highest BCUT2D eigenvalue weighted by atomic mass is 15.1. The molecule has 0 saturated carbocycles. The Labute approximate surface area is 99.5 Å². The number of hydrogen-bond acceptors (Lipinski definition) is 1. The van der Waals surface area contributed by atoms with E-state index in [9.17, 15) is 0 Å². The van der Waals surface area contributed by atoms with Crippen molar-refractivity contribution in [3.63, 3.8) is 0 Å². The van der Waals surface area contributed by atoms with Crippen molar-refractivity contribution >= 4 is 0 Å². The monoisotopic (exact) mass is 217 g/mol. The highest BCUT2D eigenvalue weighted by Crippen LogP contribution is 2.18. The van der Waals surface area contributed by atoms with Crippen LogP contribution in [0.3, 0.4) is 0 Å². The standard InChI is InChI=1S/C15H23N/c1-16-12-8-3-2-7-11-15(16)13-14-9-5-4-6-10-14/h4-6,9-10,15H,2-3,7-8,11-13H2,1H3. The van der Waals surface area contributed by atoms with E-state index < -0.39 is 0 Å². The van der Waals surface area contributed by atoms with Gasteiger partial charge in [0.2, 0.25) is 0 Å². The molecule has 1 atom stereocenters. The first-order valence-corrected chi connectivity index (χ1v) is 6.60. The molecule has 0 N–H and O–H groups in total. The molecule has 1 aromatic carbocycles. The summed E-state index contributed by atoms with van der Waals surface area (Å²) in [5, 5.41) is 0. The van der Waals surface area contributed by atoms with E-state index in [1.165, 1.54) is 50.6 Å². The maximum absolute atomic E-state index is 2.56. The number of likely N-dealkylation sites (N-methyl/N-ethyl adjacent to an activating group) is 1. The van der Waals surface area contributed by atoms with Gasteiger partial charge in [-0.05, 0) is 38.4 Å². The van der Waals surface area contributed by atoms with Crippen LogP contribution in [0, 0.1) is 0 Å². The fourth-order valence-electron chi connectivity index (χ4n) is 2.64. The summed E-state index contributed by atoms with van der Waals surface area (Å²) in [6, 6.07) is 11.7. The first-order valence-electron chi connectivity index (χ1n) is 6.60. The minimum absolute atomic E-state index is 0.752. The molecule has 1 heteroatoms. The number of benzene rings is 1. The Morgan fingerprint density at radius 1 is 1.06 bits per heavy atom. The molecule has 0 amide bonds. The Balaban J connectivity index is 1.95. The number of hydrogen-bond donors (Lipinski definition) is 0. The largest absolute Gasteiger partial charge is 0.303 e. The molecule has 88 valence electrons. The van der Waals surface area contributed by atoms with Gasteiger partial charge in [-0.1, -0.05) is 49.6 Å². The minimum atomic E-state index is 0.752. The van der Waals surface area contributed by atoms with Crippen LogP contribution in [-0.4, -0.2) is 24.5 Å². The summed E-state index contributed by atoms with van der Waals surface area (Å²) in [6.45, 7) is 1.28. The lowest BCUT2D eigenvalue weighted by Crippen LogP contribution is -2.35. The zero-order valence-electron chi connectivity index (χ0n) is 10.4. The quantitative estimate of drug-likeness (QED) is 0.733. The molecule has 16 heavy (non-hydrogen) atoms. The minimum Gasteiger partial charge on any atom is -0.303 e. The van der Waals surface area contributed by atoms with Crippen molar-refractivity contribution in [2.45, 2.75) is 44.6 Å². The van der Waals surface area contributed by atoms with Gasteiger partial charge in [0.1, 0.15) is 0 Å². The molecule has 1 nitrogen and oxygen atoms in total. The Bertz CT molecular complexity index is 294. The second-order valence-electron chi connectivity index (χ2n) is 5.03. The third kappa shape index (κ3) is 3.34. The van der Waals surface area contributed by atoms with Crippen molar-refractivity contribution in [3.8, 4) is 0 Å². The van der Waals surface area contributed by atoms with Gasteiger partial charge in [0, 0.05) is 6.04 Å². The Morgan fingerprint density at radius 2 is 1.81 bits per heavy atom. The van der Waals surface area contributed by atoms with Crippen molar-refractivity contribution < 1.29 is 0 Å². The van der Waals surface area contributed by atoms with Gasteiger partial charge in [-0.2, -0.15) is 0 Å². The van der Waals surface area contributed by atoms with E-state index in [-0.39, 0.29) is 0 Å². The molecule has 1 aliphatic rings. The van der Waals surface area contributed by atoms with E-state index in [1.807, 2.05) is 0 Å². The predicted molar refractivity (Wildman–Crippen MR) is 69.6 cm³/mol. The molecule has 1 fully saturated rings. The molecule has 0 spiro atoms. The maximum atomic E-state index is 2.56. The number of rotatable bonds is 2. The summed E-state index contributed by atoms with van der Waals surface area (Å²) in [7, 11) is 2.29. The molecule has 0 bridgehead atoms. The zero-order valence-corrected chi connectivity index (χ0v) is 10.4. The average Bonchev–Trinajstić information content (AvgIpc) is 2.30. The number of likely N-dealkylation sites (tertiary alicyclic amines) is 1. The van der Waals surface area contributed by atoms with Crippen molar-refractivity contribution in [2.24, 2.45) is 0 Å². The highest BCUT2D eigenvalue weighted by Gasteiger charge is 2.16. The second kappa shape index (κ2) is 6.05. The third-order valence-corrected chi connectivity index (χ3v) is 3.74. The van der Waals surface area contributed by atoms with E-state index in [4.69, 9.17) is 0 Å². The fourth-order valence-corrected chi connectivity index (χ4v) is 2.64. The van der Waals surface area contributed by atoms with Gasteiger partial charge >= 0.3 is 0 Å². The molecule has 0 aromatic heterocycles. The fraction of sp³-hybridized carbons (Fsp3) is 0.600. The third-order valence-electron chi connectivity index (χ3n) is 3.74. The van der Waals surface area contributed by atoms with Crippen molar-refractivity contribution in [1.29, 1.82) is 0 Å². The molecule has 0 radical (unpaired) electrons. The van der Waals surface area contributed by atoms with Gasteiger partial charge in [0.05, 0.1) is 0 Å². The lowest BCUT2D eigenvalue weighted by Gasteiger charge is -2.30. The van der Waals surface area contributed by atoms with Crippen LogP contribution in [0.1, 0.15) is 37.7 Å². The lowest BCUT2D eigenvalue weighted by atomic mass is 9.97. The molecule has 1 saturated heterocycles. The SMILES string of the molecule is CN1CCCCCCC1Cc1ccccc1. The average molecular weight is 217 g/mol. The number of nitrogens with zero attached hydrogens (tertiary/aromatic N) is 1. The van der Waals surface area contributed by atoms with Gasteiger partial charge in [-0.3, -0.25) is 0 Å². The van der Waals surface area contributed by atoms with Crippen LogP contribution in [0.15, 0.2) is 30.3 Å². The molecule has 2 rings (SSSR count). The maximum Gasteiger partial charge on any atom is 0.0133 e. The smallest absolute Gasteiger partial charge is 0.0133 e.